The zero-order valence-corrected chi connectivity index (χ0v) is 11.6. The molecule has 2 nitrogen and oxygen atoms in total. The van der Waals surface area contributed by atoms with Crippen molar-refractivity contribution in [2.24, 2.45) is 5.92 Å². The Morgan fingerprint density at radius 3 is 2.56 bits per heavy atom. The molecule has 1 heterocycles. The Morgan fingerprint density at radius 1 is 1.25 bits per heavy atom. The van der Waals surface area contributed by atoms with Crippen molar-refractivity contribution in [2.45, 2.75) is 25.0 Å². The number of likely N-dealkylation sites (tertiary alicyclic amines) is 1. The predicted molar refractivity (Wildman–Crippen MR) is 72.7 cm³/mol. The van der Waals surface area contributed by atoms with E-state index in [4.69, 9.17) is 4.74 Å². The lowest BCUT2D eigenvalue weighted by atomic mass is 10.1. The minimum atomic E-state index is 0.446. The molecule has 0 unspecified atom stereocenters. The van der Waals surface area contributed by atoms with Crippen molar-refractivity contribution in [3.8, 4) is 5.75 Å². The van der Waals surface area contributed by atoms with E-state index in [-0.39, 0.29) is 0 Å². The van der Waals surface area contributed by atoms with Gasteiger partial charge in [0.05, 0.1) is 0 Å². The van der Waals surface area contributed by atoms with Gasteiger partial charge in [-0.2, -0.15) is 0 Å². The quantitative estimate of drug-likeness (QED) is 0.774. The van der Waals surface area contributed by atoms with Crippen molar-refractivity contribution in [1.82, 2.24) is 4.90 Å². The Kier molecular flexibility index (Phi) is 2.83. The molecule has 16 heavy (non-hydrogen) atoms. The van der Waals surface area contributed by atoms with Crippen molar-refractivity contribution < 1.29 is 4.74 Å². The van der Waals surface area contributed by atoms with Gasteiger partial charge in [0.25, 0.3) is 0 Å². The van der Waals surface area contributed by atoms with E-state index >= 15 is 0 Å². The van der Waals surface area contributed by atoms with Crippen LogP contribution in [0.2, 0.25) is 0 Å². The molecule has 1 aliphatic heterocycles. The van der Waals surface area contributed by atoms with Gasteiger partial charge in [0.2, 0.25) is 0 Å². The van der Waals surface area contributed by atoms with Crippen LogP contribution in [0.4, 0.5) is 0 Å². The first-order valence-corrected chi connectivity index (χ1v) is 6.93. The van der Waals surface area contributed by atoms with Crippen LogP contribution in [0, 0.1) is 9.49 Å². The highest BCUT2D eigenvalue weighted by Crippen LogP contribution is 2.38. The van der Waals surface area contributed by atoms with Crippen molar-refractivity contribution in [3.63, 3.8) is 0 Å². The molecular weight excluding hydrogens is 313 g/mol. The summed E-state index contributed by atoms with van der Waals surface area (Å²) in [5, 5.41) is 0. The fraction of sp³-hybridized carbons (Fsp3) is 0.538. The number of piperidine rings is 1. The second-order valence-corrected chi connectivity index (χ2v) is 6.18. The van der Waals surface area contributed by atoms with E-state index in [0.717, 1.165) is 17.7 Å². The van der Waals surface area contributed by atoms with Gasteiger partial charge in [-0.3, -0.25) is 0 Å². The lowest BCUT2D eigenvalue weighted by Crippen LogP contribution is -2.37. The molecule has 2 bridgehead atoms. The summed E-state index contributed by atoms with van der Waals surface area (Å²) < 4.78 is 7.34. The van der Waals surface area contributed by atoms with E-state index in [1.165, 1.54) is 23.0 Å². The van der Waals surface area contributed by atoms with Crippen LogP contribution in [-0.4, -0.2) is 30.6 Å². The van der Waals surface area contributed by atoms with Gasteiger partial charge in [-0.15, -0.1) is 0 Å². The second kappa shape index (κ2) is 4.18. The minimum absolute atomic E-state index is 0.446. The number of rotatable bonds is 2. The van der Waals surface area contributed by atoms with Gasteiger partial charge in [-0.05, 0) is 60.3 Å². The summed E-state index contributed by atoms with van der Waals surface area (Å²) in [6.07, 6.45) is 2.97. The zero-order valence-electron chi connectivity index (χ0n) is 9.40. The normalized spacial score (nSPS) is 33.2. The molecule has 3 rings (SSSR count). The lowest BCUT2D eigenvalue weighted by molar-refractivity contribution is 0.105. The van der Waals surface area contributed by atoms with Crippen LogP contribution >= 0.6 is 22.6 Å². The topological polar surface area (TPSA) is 12.5 Å². The van der Waals surface area contributed by atoms with E-state index < -0.39 is 0 Å². The van der Waals surface area contributed by atoms with Crippen LogP contribution in [-0.2, 0) is 0 Å². The third-order valence-electron chi connectivity index (χ3n) is 3.85. The molecule has 0 spiro atoms. The highest BCUT2D eigenvalue weighted by Gasteiger charge is 2.44. The number of halogens is 1. The predicted octanol–water partition coefficient (Wildman–Crippen LogP) is 2.76. The van der Waals surface area contributed by atoms with Gasteiger partial charge in [0.15, 0.2) is 0 Å². The molecule has 0 N–H and O–H groups in total. The number of benzene rings is 1. The van der Waals surface area contributed by atoms with Crippen molar-refractivity contribution in [2.75, 3.05) is 13.6 Å². The molecule has 86 valence electrons. The molecule has 2 aliphatic rings. The first kappa shape index (κ1) is 10.8. The Bertz CT molecular complexity index is 376. The zero-order chi connectivity index (χ0) is 11.1. The summed E-state index contributed by atoms with van der Waals surface area (Å²) >= 11 is 2.32. The third-order valence-corrected chi connectivity index (χ3v) is 4.57. The molecule has 3 heteroatoms. The molecule has 1 aliphatic carbocycles. The number of nitrogens with zero attached hydrogens (tertiary/aromatic N) is 1. The van der Waals surface area contributed by atoms with Gasteiger partial charge < -0.3 is 9.64 Å². The average molecular weight is 329 g/mol. The maximum Gasteiger partial charge on any atom is 0.119 e. The van der Waals surface area contributed by atoms with Gasteiger partial charge >= 0.3 is 0 Å². The van der Waals surface area contributed by atoms with Gasteiger partial charge in [0, 0.05) is 28.5 Å². The largest absolute Gasteiger partial charge is 0.490 e. The molecule has 2 fully saturated rings. The van der Waals surface area contributed by atoms with Crippen molar-refractivity contribution in [1.29, 1.82) is 0 Å². The molecule has 1 aromatic rings. The Balaban J connectivity index is 1.66. The number of fused-ring (bicyclic) bond motifs is 2. The Labute approximate surface area is 110 Å². The Hall–Kier alpha value is -0.290. The van der Waals surface area contributed by atoms with E-state index in [0.29, 0.717) is 6.10 Å². The molecule has 1 saturated heterocycles. The maximum absolute atomic E-state index is 6.08. The van der Waals surface area contributed by atoms with Crippen molar-refractivity contribution in [3.05, 3.63) is 27.8 Å². The summed E-state index contributed by atoms with van der Waals surface area (Å²) in [4.78, 5) is 2.47. The lowest BCUT2D eigenvalue weighted by Gasteiger charge is -2.28. The molecule has 1 aromatic carbocycles. The van der Waals surface area contributed by atoms with Crippen LogP contribution in [0.3, 0.4) is 0 Å². The van der Waals surface area contributed by atoms with Gasteiger partial charge in [-0.1, -0.05) is 0 Å². The molecule has 0 aromatic heterocycles. The summed E-state index contributed by atoms with van der Waals surface area (Å²) in [5.74, 6) is 1.77. The fourth-order valence-corrected chi connectivity index (χ4v) is 3.32. The number of ether oxygens (including phenoxy) is 1. The summed E-state index contributed by atoms with van der Waals surface area (Å²) in [5.41, 5.74) is 0. The van der Waals surface area contributed by atoms with E-state index in [1.807, 2.05) is 0 Å². The standard InChI is InChI=1S/C13H16INO/c1-15-8-9-6-11(15)7-13(9)16-12-4-2-10(14)3-5-12/h2-5,9,11,13H,6-8H2,1H3/t9-,11-,13+/m0/s1. The van der Waals surface area contributed by atoms with Crippen molar-refractivity contribution >= 4 is 22.6 Å². The highest BCUT2D eigenvalue weighted by molar-refractivity contribution is 14.1. The van der Waals surface area contributed by atoms with Gasteiger partial charge in [-0.25, -0.2) is 0 Å². The minimum Gasteiger partial charge on any atom is -0.490 e. The molecule has 0 radical (unpaired) electrons. The average Bonchev–Trinajstić information content (AvgIpc) is 2.80. The summed E-state index contributed by atoms with van der Waals surface area (Å²) in [7, 11) is 2.23. The maximum atomic E-state index is 6.08. The van der Waals surface area contributed by atoms with E-state index in [1.54, 1.807) is 0 Å². The van der Waals surface area contributed by atoms with Crippen LogP contribution < -0.4 is 4.74 Å². The van der Waals surface area contributed by atoms with E-state index in [9.17, 15) is 0 Å². The monoisotopic (exact) mass is 329 g/mol. The molecular formula is C13H16INO. The summed E-state index contributed by atoms with van der Waals surface area (Å²) in [6, 6.07) is 9.14. The molecule has 0 amide bonds. The van der Waals surface area contributed by atoms with Crippen LogP contribution in [0.15, 0.2) is 24.3 Å². The van der Waals surface area contributed by atoms with Crippen LogP contribution in [0.5, 0.6) is 5.75 Å². The summed E-state index contributed by atoms with van der Waals surface area (Å²) in [6.45, 7) is 1.21. The second-order valence-electron chi connectivity index (χ2n) is 4.94. The Morgan fingerprint density at radius 2 is 2.00 bits per heavy atom. The molecule has 3 atom stereocenters. The van der Waals surface area contributed by atoms with Gasteiger partial charge in [0.1, 0.15) is 11.9 Å². The smallest absolute Gasteiger partial charge is 0.119 e. The highest BCUT2D eigenvalue weighted by atomic mass is 127. The molecule has 1 saturated carbocycles. The van der Waals surface area contributed by atoms with Crippen LogP contribution in [0.1, 0.15) is 12.8 Å². The first-order valence-electron chi connectivity index (χ1n) is 5.85. The number of hydrogen-bond donors (Lipinski definition) is 0. The number of hydrogen-bond acceptors (Lipinski definition) is 2. The first-order chi connectivity index (χ1) is 7.72. The van der Waals surface area contributed by atoms with Crippen LogP contribution in [0.25, 0.3) is 0 Å². The third kappa shape index (κ3) is 1.95. The van der Waals surface area contributed by atoms with E-state index in [2.05, 4.69) is 58.8 Å². The fourth-order valence-electron chi connectivity index (χ4n) is 2.96. The SMILES string of the molecule is CN1C[C@@H]2C[C@H]1C[C@H]2Oc1ccc(I)cc1.